The monoisotopic (exact) mass is 334 g/mol. The van der Waals surface area contributed by atoms with Crippen molar-refractivity contribution in [1.29, 1.82) is 0 Å². The molecule has 0 aliphatic heterocycles. The van der Waals surface area contributed by atoms with E-state index in [-0.39, 0.29) is 16.5 Å². The molecule has 1 saturated carbocycles. The van der Waals surface area contributed by atoms with Crippen LogP contribution in [-0.4, -0.2) is 20.5 Å². The maximum absolute atomic E-state index is 13.1. The second kappa shape index (κ2) is 6.60. The molecule has 21 heavy (non-hydrogen) atoms. The molecule has 1 aliphatic carbocycles. The van der Waals surface area contributed by atoms with Crippen molar-refractivity contribution in [1.82, 2.24) is 4.72 Å². The minimum atomic E-state index is -3.73. The summed E-state index contributed by atoms with van der Waals surface area (Å²) < 4.78 is 40.1. The lowest BCUT2D eigenvalue weighted by molar-refractivity contribution is 0.369. The van der Waals surface area contributed by atoms with Crippen LogP contribution in [0.2, 0.25) is 5.02 Å². The fourth-order valence-electron chi connectivity index (χ4n) is 2.58. The Morgan fingerprint density at radius 3 is 2.43 bits per heavy atom. The van der Waals surface area contributed by atoms with Crippen molar-refractivity contribution in [3.63, 3.8) is 0 Å². The lowest BCUT2D eigenvalue weighted by Gasteiger charge is -2.28. The Morgan fingerprint density at radius 2 is 1.86 bits per heavy atom. The molecule has 0 unspecified atom stereocenters. The van der Waals surface area contributed by atoms with Crippen LogP contribution in [0.15, 0.2) is 23.1 Å². The molecule has 0 spiro atoms. The zero-order chi connectivity index (χ0) is 15.5. The van der Waals surface area contributed by atoms with Crippen LogP contribution in [0, 0.1) is 5.82 Å². The topological polar surface area (TPSA) is 72.2 Å². The van der Waals surface area contributed by atoms with E-state index in [0.717, 1.165) is 50.7 Å². The number of sulfonamides is 1. The van der Waals surface area contributed by atoms with E-state index in [1.807, 2.05) is 0 Å². The summed E-state index contributed by atoms with van der Waals surface area (Å²) in [5.74, 6) is -0.644. The maximum Gasteiger partial charge on any atom is 0.240 e. The van der Waals surface area contributed by atoms with Crippen molar-refractivity contribution < 1.29 is 12.8 Å². The van der Waals surface area contributed by atoms with Crippen molar-refractivity contribution >= 4 is 21.6 Å². The minimum Gasteiger partial charge on any atom is -0.324 e. The van der Waals surface area contributed by atoms with Crippen molar-refractivity contribution in [3.05, 3.63) is 29.0 Å². The molecule has 1 aromatic carbocycles. The Bertz CT molecular complexity index is 599. The average Bonchev–Trinajstić information content (AvgIpc) is 2.65. The van der Waals surface area contributed by atoms with Crippen LogP contribution in [0.1, 0.15) is 38.5 Å². The van der Waals surface area contributed by atoms with Gasteiger partial charge in [-0.1, -0.05) is 37.3 Å². The second-order valence-electron chi connectivity index (χ2n) is 5.68. The normalized spacial score (nSPS) is 19.2. The highest BCUT2D eigenvalue weighted by Gasteiger charge is 2.28. The zero-order valence-corrected chi connectivity index (χ0v) is 13.3. The number of halogens is 2. The Hall–Kier alpha value is -0.690. The van der Waals surface area contributed by atoms with Crippen molar-refractivity contribution in [2.45, 2.75) is 49.0 Å². The number of benzene rings is 1. The summed E-state index contributed by atoms with van der Waals surface area (Å²) in [5, 5.41) is -0.213. The summed E-state index contributed by atoms with van der Waals surface area (Å²) in [5.41, 5.74) is 5.78. The summed E-state index contributed by atoms with van der Waals surface area (Å²) >= 11 is 5.63. The molecule has 7 heteroatoms. The van der Waals surface area contributed by atoms with Gasteiger partial charge in [0.25, 0.3) is 0 Å². The van der Waals surface area contributed by atoms with E-state index >= 15 is 0 Å². The third-order valence-corrected chi connectivity index (χ3v) is 5.60. The first-order valence-corrected chi connectivity index (χ1v) is 8.92. The quantitative estimate of drug-likeness (QED) is 0.832. The van der Waals surface area contributed by atoms with Crippen molar-refractivity contribution in [2.75, 3.05) is 6.54 Å². The lowest BCUT2D eigenvalue weighted by Crippen LogP contribution is -2.49. The van der Waals surface area contributed by atoms with E-state index < -0.39 is 21.4 Å². The highest BCUT2D eigenvalue weighted by atomic mass is 35.5. The van der Waals surface area contributed by atoms with Crippen molar-refractivity contribution in [3.8, 4) is 0 Å². The third-order valence-electron chi connectivity index (χ3n) is 3.91. The second-order valence-corrected chi connectivity index (χ2v) is 7.85. The standard InChI is InChI=1S/C14H20ClFN2O2S/c15-12-9-11(5-6-13(12)16)21(19,20)18-10-14(17)7-3-1-2-4-8-14/h5-6,9,18H,1-4,7-8,10,17H2. The molecule has 118 valence electrons. The lowest BCUT2D eigenvalue weighted by atomic mass is 9.92. The zero-order valence-electron chi connectivity index (χ0n) is 11.7. The van der Waals surface area contributed by atoms with Gasteiger partial charge in [-0.2, -0.15) is 0 Å². The van der Waals surface area contributed by atoms with Crippen LogP contribution in [0.5, 0.6) is 0 Å². The molecule has 0 radical (unpaired) electrons. The van der Waals surface area contributed by atoms with Gasteiger partial charge >= 0.3 is 0 Å². The molecule has 0 aromatic heterocycles. The van der Waals surface area contributed by atoms with Gasteiger partial charge in [0.2, 0.25) is 10.0 Å². The SMILES string of the molecule is NC1(CNS(=O)(=O)c2ccc(F)c(Cl)c2)CCCCCC1. The molecular weight excluding hydrogens is 315 g/mol. The summed E-state index contributed by atoms with van der Waals surface area (Å²) in [7, 11) is -3.73. The summed E-state index contributed by atoms with van der Waals surface area (Å²) in [6.45, 7) is 0.185. The molecule has 0 heterocycles. The van der Waals surface area contributed by atoms with Crippen LogP contribution < -0.4 is 10.5 Å². The molecular formula is C14H20ClFN2O2S. The number of hydrogen-bond donors (Lipinski definition) is 2. The molecule has 3 N–H and O–H groups in total. The highest BCUT2D eigenvalue weighted by Crippen LogP contribution is 2.25. The van der Waals surface area contributed by atoms with Gasteiger partial charge in [-0.15, -0.1) is 0 Å². The summed E-state index contributed by atoms with van der Waals surface area (Å²) in [6.07, 6.45) is 5.92. The Morgan fingerprint density at radius 1 is 1.24 bits per heavy atom. The van der Waals surface area contributed by atoms with E-state index in [0.29, 0.717) is 0 Å². The fourth-order valence-corrected chi connectivity index (χ4v) is 3.99. The smallest absolute Gasteiger partial charge is 0.240 e. The first kappa shape index (κ1) is 16.7. The minimum absolute atomic E-state index is 0.0499. The Labute approximate surface area is 129 Å². The van der Waals surface area contributed by atoms with E-state index in [4.69, 9.17) is 17.3 Å². The molecule has 0 atom stereocenters. The number of hydrogen-bond acceptors (Lipinski definition) is 3. The number of nitrogens with one attached hydrogen (secondary N) is 1. The van der Waals surface area contributed by atoms with Gasteiger partial charge in [-0.25, -0.2) is 17.5 Å². The molecule has 0 saturated heterocycles. The van der Waals surface area contributed by atoms with E-state index in [2.05, 4.69) is 4.72 Å². The first-order chi connectivity index (χ1) is 9.82. The number of rotatable bonds is 4. The van der Waals surface area contributed by atoms with Gasteiger partial charge < -0.3 is 5.73 Å². The summed E-state index contributed by atoms with van der Waals surface area (Å²) in [6, 6.07) is 3.34. The van der Waals surface area contributed by atoms with Gasteiger partial charge in [0.05, 0.1) is 9.92 Å². The van der Waals surface area contributed by atoms with Crippen molar-refractivity contribution in [2.24, 2.45) is 5.73 Å². The molecule has 1 aliphatic rings. The molecule has 0 amide bonds. The van der Waals surface area contributed by atoms with Gasteiger partial charge in [-0.3, -0.25) is 0 Å². The van der Waals surface area contributed by atoms with Gasteiger partial charge in [0.15, 0.2) is 0 Å². The highest BCUT2D eigenvalue weighted by molar-refractivity contribution is 7.89. The van der Waals surface area contributed by atoms with Gasteiger partial charge in [-0.05, 0) is 31.0 Å². The largest absolute Gasteiger partial charge is 0.324 e. The fraction of sp³-hybridized carbons (Fsp3) is 0.571. The third kappa shape index (κ3) is 4.39. The molecule has 1 aromatic rings. The van der Waals surface area contributed by atoms with E-state index in [9.17, 15) is 12.8 Å². The maximum atomic E-state index is 13.1. The van der Waals surface area contributed by atoms with Crippen LogP contribution in [0.3, 0.4) is 0 Å². The van der Waals surface area contributed by atoms with Crippen LogP contribution >= 0.6 is 11.6 Å². The predicted molar refractivity (Wildman–Crippen MR) is 81.2 cm³/mol. The summed E-state index contributed by atoms with van der Waals surface area (Å²) in [4.78, 5) is -0.0499. The molecule has 4 nitrogen and oxygen atoms in total. The van der Waals surface area contributed by atoms with Crippen LogP contribution in [0.4, 0.5) is 4.39 Å². The van der Waals surface area contributed by atoms with Gasteiger partial charge in [0.1, 0.15) is 5.82 Å². The van der Waals surface area contributed by atoms with Crippen LogP contribution in [-0.2, 0) is 10.0 Å². The molecule has 0 bridgehead atoms. The Balaban J connectivity index is 2.08. The number of nitrogens with two attached hydrogens (primary N) is 1. The van der Waals surface area contributed by atoms with E-state index in [1.54, 1.807) is 0 Å². The first-order valence-electron chi connectivity index (χ1n) is 7.06. The molecule has 1 fully saturated rings. The molecule has 2 rings (SSSR count). The van der Waals surface area contributed by atoms with Gasteiger partial charge in [0, 0.05) is 12.1 Å². The average molecular weight is 335 g/mol. The Kier molecular flexibility index (Phi) is 5.24. The predicted octanol–water partition coefficient (Wildman–Crippen LogP) is 2.81. The van der Waals surface area contributed by atoms with Crippen LogP contribution in [0.25, 0.3) is 0 Å². The van der Waals surface area contributed by atoms with E-state index in [1.165, 1.54) is 6.07 Å².